The fourth-order valence-electron chi connectivity index (χ4n) is 2.73. The Morgan fingerprint density at radius 3 is 2.58 bits per heavy atom. The summed E-state index contributed by atoms with van der Waals surface area (Å²) in [5.74, 6) is -1.31. The first kappa shape index (κ1) is 17.6. The molecule has 7 nitrogen and oxygen atoms in total. The minimum Gasteiger partial charge on any atom is -0.477 e. The number of halogens is 2. The molecule has 136 valence electrons. The van der Waals surface area contributed by atoms with Crippen LogP contribution >= 0.6 is 0 Å². The number of fused-ring (bicyclic) bond motifs is 1. The molecule has 3 rings (SSSR count). The van der Waals surface area contributed by atoms with Gasteiger partial charge >= 0.3 is 18.3 Å². The monoisotopic (exact) mass is 363 g/mol. The maximum Gasteiger partial charge on any atom is 0.387 e. The molecule has 0 aliphatic heterocycles. The quantitative estimate of drug-likeness (QED) is 0.753. The highest BCUT2D eigenvalue weighted by atomic mass is 19.3. The van der Waals surface area contributed by atoms with Crippen LogP contribution in [-0.4, -0.2) is 31.8 Å². The predicted molar refractivity (Wildman–Crippen MR) is 89.3 cm³/mol. The van der Waals surface area contributed by atoms with Gasteiger partial charge in [-0.3, -0.25) is 9.13 Å². The van der Waals surface area contributed by atoms with Crippen molar-refractivity contribution in [3.63, 3.8) is 0 Å². The van der Waals surface area contributed by atoms with Crippen molar-refractivity contribution in [1.82, 2.24) is 14.1 Å². The standard InChI is InChI=1S/C17H15F2N3O4/c1-9(2)21-14-13(7-6-12(20-14)15(23)24)22(17(21)25)10-4-3-5-11(8-10)26-16(18)19/h3-9,16H,1-2H3,(H,23,24). The molecule has 0 atom stereocenters. The van der Waals surface area contributed by atoms with E-state index in [-0.39, 0.29) is 23.1 Å². The van der Waals surface area contributed by atoms with Crippen LogP contribution in [-0.2, 0) is 0 Å². The summed E-state index contributed by atoms with van der Waals surface area (Å²) >= 11 is 0. The highest BCUT2D eigenvalue weighted by Gasteiger charge is 2.20. The Kier molecular flexibility index (Phi) is 4.45. The van der Waals surface area contributed by atoms with Crippen molar-refractivity contribution < 1.29 is 23.4 Å². The molecule has 0 saturated heterocycles. The number of imidazole rings is 1. The number of hydrogen-bond acceptors (Lipinski definition) is 4. The number of pyridine rings is 1. The number of aromatic carboxylic acids is 1. The van der Waals surface area contributed by atoms with E-state index in [9.17, 15) is 18.4 Å². The maximum absolute atomic E-state index is 12.9. The summed E-state index contributed by atoms with van der Waals surface area (Å²) in [4.78, 5) is 28.2. The highest BCUT2D eigenvalue weighted by molar-refractivity contribution is 5.88. The molecule has 0 radical (unpaired) electrons. The van der Waals surface area contributed by atoms with Crippen LogP contribution in [0.3, 0.4) is 0 Å². The number of alkyl halides is 2. The lowest BCUT2D eigenvalue weighted by atomic mass is 10.3. The number of ether oxygens (including phenoxy) is 1. The van der Waals surface area contributed by atoms with Gasteiger partial charge in [0.05, 0.1) is 11.2 Å². The zero-order chi connectivity index (χ0) is 19.0. The highest BCUT2D eigenvalue weighted by Crippen LogP contribution is 2.23. The largest absolute Gasteiger partial charge is 0.477 e. The fraction of sp³-hybridized carbons (Fsp3) is 0.235. The number of nitrogens with zero attached hydrogens (tertiary/aromatic N) is 3. The van der Waals surface area contributed by atoms with Gasteiger partial charge in [0, 0.05) is 12.1 Å². The minimum absolute atomic E-state index is 0.0926. The van der Waals surface area contributed by atoms with Gasteiger partial charge in [0.15, 0.2) is 11.3 Å². The number of aromatic nitrogens is 3. The summed E-state index contributed by atoms with van der Waals surface area (Å²) in [5, 5.41) is 9.14. The summed E-state index contributed by atoms with van der Waals surface area (Å²) in [6.07, 6.45) is 0. The van der Waals surface area contributed by atoms with E-state index in [1.807, 2.05) is 0 Å². The first-order chi connectivity index (χ1) is 12.3. The molecule has 0 unspecified atom stereocenters. The number of carbonyl (C=O) groups is 1. The number of benzene rings is 1. The van der Waals surface area contributed by atoms with Crippen molar-refractivity contribution in [1.29, 1.82) is 0 Å². The number of rotatable bonds is 5. The predicted octanol–water partition coefficient (Wildman–Crippen LogP) is 3.07. The Hall–Kier alpha value is -3.23. The van der Waals surface area contributed by atoms with Crippen molar-refractivity contribution in [3.05, 3.63) is 52.6 Å². The van der Waals surface area contributed by atoms with E-state index in [1.54, 1.807) is 19.9 Å². The van der Waals surface area contributed by atoms with Crippen LogP contribution < -0.4 is 10.4 Å². The van der Waals surface area contributed by atoms with Crippen LogP contribution in [0, 0.1) is 0 Å². The van der Waals surface area contributed by atoms with Gasteiger partial charge in [-0.25, -0.2) is 14.6 Å². The van der Waals surface area contributed by atoms with Crippen LogP contribution in [0.15, 0.2) is 41.2 Å². The summed E-state index contributed by atoms with van der Waals surface area (Å²) in [5.41, 5.74) is 0.216. The lowest BCUT2D eigenvalue weighted by molar-refractivity contribution is -0.0498. The Labute approximate surface area is 146 Å². The molecule has 0 saturated carbocycles. The van der Waals surface area contributed by atoms with Crippen LogP contribution in [0.5, 0.6) is 5.75 Å². The first-order valence-electron chi connectivity index (χ1n) is 7.72. The van der Waals surface area contributed by atoms with E-state index in [4.69, 9.17) is 5.11 Å². The molecule has 26 heavy (non-hydrogen) atoms. The first-order valence-corrected chi connectivity index (χ1v) is 7.72. The van der Waals surface area contributed by atoms with E-state index < -0.39 is 18.3 Å². The average Bonchev–Trinajstić information content (AvgIpc) is 2.85. The van der Waals surface area contributed by atoms with Gasteiger partial charge < -0.3 is 9.84 Å². The summed E-state index contributed by atoms with van der Waals surface area (Å²) in [7, 11) is 0. The topological polar surface area (TPSA) is 86.3 Å². The summed E-state index contributed by atoms with van der Waals surface area (Å²) < 4.78 is 31.9. The van der Waals surface area contributed by atoms with Crippen LogP contribution in [0.2, 0.25) is 0 Å². The van der Waals surface area contributed by atoms with E-state index in [0.717, 1.165) is 0 Å². The van der Waals surface area contributed by atoms with Crippen molar-refractivity contribution in [3.8, 4) is 11.4 Å². The second kappa shape index (κ2) is 6.58. The van der Waals surface area contributed by atoms with Gasteiger partial charge in [0.2, 0.25) is 0 Å². The second-order valence-corrected chi connectivity index (χ2v) is 5.80. The third-order valence-corrected chi connectivity index (χ3v) is 3.76. The van der Waals surface area contributed by atoms with E-state index in [2.05, 4.69) is 9.72 Å². The number of carboxylic acid groups (broad SMARTS) is 1. The molecule has 0 aliphatic carbocycles. The molecular weight excluding hydrogens is 348 g/mol. The molecular formula is C17H15F2N3O4. The average molecular weight is 363 g/mol. The van der Waals surface area contributed by atoms with Crippen LogP contribution in [0.1, 0.15) is 30.4 Å². The third kappa shape index (κ3) is 3.03. The maximum atomic E-state index is 12.9. The fourth-order valence-corrected chi connectivity index (χ4v) is 2.73. The minimum atomic E-state index is -2.99. The van der Waals surface area contributed by atoms with E-state index >= 15 is 0 Å². The van der Waals surface area contributed by atoms with Gasteiger partial charge in [-0.15, -0.1) is 0 Å². The van der Waals surface area contributed by atoms with Crippen molar-refractivity contribution in [2.45, 2.75) is 26.5 Å². The van der Waals surface area contributed by atoms with Crippen molar-refractivity contribution in [2.24, 2.45) is 0 Å². The van der Waals surface area contributed by atoms with Gasteiger partial charge in [-0.1, -0.05) is 6.07 Å². The second-order valence-electron chi connectivity index (χ2n) is 5.80. The van der Waals surface area contributed by atoms with Crippen molar-refractivity contribution >= 4 is 17.1 Å². The molecule has 1 N–H and O–H groups in total. The Balaban J connectivity index is 2.28. The summed E-state index contributed by atoms with van der Waals surface area (Å²) in [6.45, 7) is 0.534. The Morgan fingerprint density at radius 2 is 1.96 bits per heavy atom. The zero-order valence-corrected chi connectivity index (χ0v) is 13.9. The van der Waals surface area contributed by atoms with E-state index in [0.29, 0.717) is 11.2 Å². The van der Waals surface area contributed by atoms with Gasteiger partial charge in [0.1, 0.15) is 5.75 Å². The normalized spacial score (nSPS) is 11.5. The zero-order valence-electron chi connectivity index (χ0n) is 13.9. The van der Waals surface area contributed by atoms with Crippen LogP contribution in [0.4, 0.5) is 8.78 Å². The molecule has 0 spiro atoms. The summed E-state index contributed by atoms with van der Waals surface area (Å²) in [6, 6.07) is 8.17. The molecule has 0 aliphatic rings. The molecule has 9 heteroatoms. The SMILES string of the molecule is CC(C)n1c(=O)n(-c2cccc(OC(F)F)c2)c2ccc(C(=O)O)nc21. The lowest BCUT2D eigenvalue weighted by Gasteiger charge is -2.08. The molecule has 0 amide bonds. The molecule has 1 aromatic carbocycles. The Morgan fingerprint density at radius 1 is 1.23 bits per heavy atom. The molecule has 0 bridgehead atoms. The molecule has 0 fully saturated rings. The lowest BCUT2D eigenvalue weighted by Crippen LogP contribution is -2.24. The molecule has 2 aromatic heterocycles. The number of carboxylic acids is 1. The van der Waals surface area contributed by atoms with Crippen LogP contribution in [0.25, 0.3) is 16.9 Å². The smallest absolute Gasteiger partial charge is 0.387 e. The van der Waals surface area contributed by atoms with Gasteiger partial charge in [-0.2, -0.15) is 8.78 Å². The van der Waals surface area contributed by atoms with E-state index in [1.165, 1.54) is 39.5 Å². The third-order valence-electron chi connectivity index (χ3n) is 3.76. The van der Waals surface area contributed by atoms with Crippen molar-refractivity contribution in [2.75, 3.05) is 0 Å². The van der Waals surface area contributed by atoms with Gasteiger partial charge in [0.25, 0.3) is 0 Å². The Bertz CT molecular complexity index is 1040. The van der Waals surface area contributed by atoms with Gasteiger partial charge in [-0.05, 0) is 38.1 Å². The molecule has 3 aromatic rings. The number of hydrogen-bond donors (Lipinski definition) is 1. The molecule has 2 heterocycles.